The van der Waals surface area contributed by atoms with Gasteiger partial charge in [0, 0.05) is 26.2 Å². The van der Waals surface area contributed by atoms with Crippen molar-refractivity contribution in [1.29, 1.82) is 0 Å². The maximum Gasteiger partial charge on any atom is 0.320 e. The molecule has 0 saturated carbocycles. The summed E-state index contributed by atoms with van der Waals surface area (Å²) < 4.78 is 0. The van der Waals surface area contributed by atoms with E-state index in [-0.39, 0.29) is 6.03 Å². The van der Waals surface area contributed by atoms with E-state index in [4.69, 9.17) is 0 Å². The second-order valence-corrected chi connectivity index (χ2v) is 6.21. The van der Waals surface area contributed by atoms with Gasteiger partial charge < -0.3 is 15.1 Å². The molecule has 2 fully saturated rings. The lowest BCUT2D eigenvalue weighted by Crippen LogP contribution is -2.49. The van der Waals surface area contributed by atoms with Crippen LogP contribution in [0.4, 0.5) is 4.79 Å². The molecule has 1 atom stereocenters. The van der Waals surface area contributed by atoms with Gasteiger partial charge in [-0.3, -0.25) is 0 Å². The molecule has 110 valence electrons. The van der Waals surface area contributed by atoms with E-state index in [2.05, 4.69) is 29.0 Å². The van der Waals surface area contributed by atoms with Gasteiger partial charge in [-0.05, 0) is 57.5 Å². The summed E-state index contributed by atoms with van der Waals surface area (Å²) in [5.41, 5.74) is 0. The maximum atomic E-state index is 12.6. The van der Waals surface area contributed by atoms with Crippen molar-refractivity contribution in [1.82, 2.24) is 15.1 Å². The first kappa shape index (κ1) is 14.6. The largest absolute Gasteiger partial charge is 0.325 e. The average Bonchev–Trinajstić information content (AvgIpc) is 2.45. The first-order valence-electron chi connectivity index (χ1n) is 7.95. The Balaban J connectivity index is 1.86. The molecule has 19 heavy (non-hydrogen) atoms. The zero-order valence-corrected chi connectivity index (χ0v) is 12.5. The Morgan fingerprint density at radius 3 is 2.68 bits per heavy atom. The number of likely N-dealkylation sites (tertiary alicyclic amines) is 1. The van der Waals surface area contributed by atoms with Gasteiger partial charge in [0.25, 0.3) is 0 Å². The molecular weight excluding hydrogens is 238 g/mol. The molecular formula is C15H29N3O. The van der Waals surface area contributed by atoms with Gasteiger partial charge in [-0.2, -0.15) is 0 Å². The van der Waals surface area contributed by atoms with Gasteiger partial charge in [-0.15, -0.1) is 0 Å². The molecule has 0 radical (unpaired) electrons. The van der Waals surface area contributed by atoms with Gasteiger partial charge in [-0.1, -0.05) is 6.92 Å². The van der Waals surface area contributed by atoms with E-state index in [1.807, 2.05) is 0 Å². The van der Waals surface area contributed by atoms with Gasteiger partial charge >= 0.3 is 6.03 Å². The monoisotopic (exact) mass is 267 g/mol. The summed E-state index contributed by atoms with van der Waals surface area (Å²) in [7, 11) is 0. The van der Waals surface area contributed by atoms with Crippen LogP contribution < -0.4 is 5.32 Å². The molecule has 2 heterocycles. The predicted molar refractivity (Wildman–Crippen MR) is 78.2 cm³/mol. The minimum Gasteiger partial charge on any atom is -0.325 e. The van der Waals surface area contributed by atoms with Crippen LogP contribution in [0.3, 0.4) is 0 Å². The average molecular weight is 267 g/mol. The molecule has 0 spiro atoms. The molecule has 2 rings (SSSR count). The summed E-state index contributed by atoms with van der Waals surface area (Å²) in [4.78, 5) is 16.7. The number of carbonyl (C=O) groups excluding carboxylic acids is 1. The van der Waals surface area contributed by atoms with E-state index < -0.39 is 0 Å². The lowest BCUT2D eigenvalue weighted by atomic mass is 9.97. The van der Waals surface area contributed by atoms with E-state index >= 15 is 0 Å². The van der Waals surface area contributed by atoms with Gasteiger partial charge in [0.15, 0.2) is 0 Å². The number of urea groups is 1. The predicted octanol–water partition coefficient (Wildman–Crippen LogP) is 2.16. The molecule has 0 aromatic rings. The summed E-state index contributed by atoms with van der Waals surface area (Å²) in [6.07, 6.45) is 4.85. The van der Waals surface area contributed by atoms with E-state index in [9.17, 15) is 4.79 Å². The Bertz CT molecular complexity index is 289. The second-order valence-electron chi connectivity index (χ2n) is 6.21. The molecule has 0 aromatic heterocycles. The molecule has 4 nitrogen and oxygen atoms in total. The van der Waals surface area contributed by atoms with Crippen molar-refractivity contribution in [2.24, 2.45) is 11.8 Å². The third-order valence-electron chi connectivity index (χ3n) is 4.52. The summed E-state index contributed by atoms with van der Waals surface area (Å²) in [6.45, 7) is 10.3. The van der Waals surface area contributed by atoms with Crippen molar-refractivity contribution >= 4 is 6.03 Å². The van der Waals surface area contributed by atoms with Crippen LogP contribution in [0.25, 0.3) is 0 Å². The number of piperidine rings is 2. The molecule has 0 aliphatic carbocycles. The highest BCUT2D eigenvalue weighted by Crippen LogP contribution is 2.19. The molecule has 2 aliphatic rings. The van der Waals surface area contributed by atoms with Crippen LogP contribution in [0.5, 0.6) is 0 Å². The first-order chi connectivity index (χ1) is 9.20. The lowest BCUT2D eigenvalue weighted by molar-refractivity contribution is 0.123. The smallest absolute Gasteiger partial charge is 0.320 e. The van der Waals surface area contributed by atoms with Gasteiger partial charge in [0.05, 0.1) is 0 Å². The minimum absolute atomic E-state index is 0.271. The molecule has 2 aliphatic heterocycles. The maximum absolute atomic E-state index is 12.6. The number of amides is 2. The third-order valence-corrected chi connectivity index (χ3v) is 4.52. The van der Waals surface area contributed by atoms with Gasteiger partial charge in [0.2, 0.25) is 0 Å². The molecule has 1 N–H and O–H groups in total. The van der Waals surface area contributed by atoms with E-state index in [1.165, 1.54) is 19.3 Å². The Hall–Kier alpha value is -0.770. The van der Waals surface area contributed by atoms with Gasteiger partial charge in [0.1, 0.15) is 0 Å². The van der Waals surface area contributed by atoms with Gasteiger partial charge in [-0.25, -0.2) is 4.79 Å². The third kappa shape index (κ3) is 4.10. The van der Waals surface area contributed by atoms with E-state index in [0.29, 0.717) is 11.8 Å². The lowest BCUT2D eigenvalue weighted by Gasteiger charge is -2.37. The Morgan fingerprint density at radius 1 is 1.32 bits per heavy atom. The van der Waals surface area contributed by atoms with Crippen LogP contribution >= 0.6 is 0 Å². The standard InChI is InChI=1S/C15H29N3O/c1-3-17(12-14-6-8-16-9-7-14)15(19)18-10-4-5-13(2)11-18/h13-14,16H,3-12H2,1-2H3. The highest BCUT2D eigenvalue weighted by atomic mass is 16.2. The minimum atomic E-state index is 0.271. The first-order valence-corrected chi connectivity index (χ1v) is 7.95. The van der Waals surface area contributed by atoms with Crippen LogP contribution in [-0.4, -0.2) is 55.1 Å². The highest BCUT2D eigenvalue weighted by molar-refractivity contribution is 5.74. The fourth-order valence-corrected chi connectivity index (χ4v) is 3.28. The number of nitrogens with one attached hydrogen (secondary N) is 1. The summed E-state index contributed by atoms with van der Waals surface area (Å²) in [5, 5.41) is 3.39. The van der Waals surface area contributed by atoms with Crippen LogP contribution in [0.1, 0.15) is 39.5 Å². The fraction of sp³-hybridized carbons (Fsp3) is 0.933. The molecule has 1 unspecified atom stereocenters. The number of nitrogens with zero attached hydrogens (tertiary/aromatic N) is 2. The number of carbonyl (C=O) groups is 1. The summed E-state index contributed by atoms with van der Waals surface area (Å²) >= 11 is 0. The molecule has 0 aromatic carbocycles. The van der Waals surface area contributed by atoms with Crippen molar-refractivity contribution in [2.75, 3.05) is 39.3 Å². The van der Waals surface area contributed by atoms with Crippen molar-refractivity contribution < 1.29 is 4.79 Å². The fourth-order valence-electron chi connectivity index (χ4n) is 3.28. The number of hydrogen-bond acceptors (Lipinski definition) is 2. The van der Waals surface area contributed by atoms with Crippen molar-refractivity contribution in [3.05, 3.63) is 0 Å². The summed E-state index contributed by atoms with van der Waals surface area (Å²) in [5.74, 6) is 1.35. The van der Waals surface area contributed by atoms with Crippen LogP contribution in [0, 0.1) is 11.8 Å². The Kier molecular flexibility index (Phi) is 5.49. The SMILES string of the molecule is CCN(CC1CCNCC1)C(=O)N1CCCC(C)C1. The van der Waals surface area contributed by atoms with E-state index in [1.54, 1.807) is 0 Å². The van der Waals surface area contributed by atoms with Crippen LogP contribution in [0.2, 0.25) is 0 Å². The topological polar surface area (TPSA) is 35.6 Å². The molecule has 2 amide bonds. The van der Waals surface area contributed by atoms with Crippen molar-refractivity contribution in [2.45, 2.75) is 39.5 Å². The number of hydrogen-bond donors (Lipinski definition) is 1. The molecule has 0 bridgehead atoms. The molecule has 2 saturated heterocycles. The van der Waals surface area contributed by atoms with E-state index in [0.717, 1.165) is 45.7 Å². The zero-order chi connectivity index (χ0) is 13.7. The van der Waals surface area contributed by atoms with Crippen molar-refractivity contribution in [3.8, 4) is 0 Å². The van der Waals surface area contributed by atoms with Crippen LogP contribution in [0.15, 0.2) is 0 Å². The van der Waals surface area contributed by atoms with Crippen LogP contribution in [-0.2, 0) is 0 Å². The number of rotatable bonds is 3. The summed E-state index contributed by atoms with van der Waals surface area (Å²) in [6, 6.07) is 0.271. The quantitative estimate of drug-likeness (QED) is 0.850. The van der Waals surface area contributed by atoms with Crippen molar-refractivity contribution in [3.63, 3.8) is 0 Å². The normalized spacial score (nSPS) is 25.4. The Labute approximate surface area is 117 Å². The second kappa shape index (κ2) is 7.13. The zero-order valence-electron chi connectivity index (χ0n) is 12.5. The highest BCUT2D eigenvalue weighted by Gasteiger charge is 2.26. The Morgan fingerprint density at radius 2 is 2.05 bits per heavy atom. The molecule has 4 heteroatoms.